The Hall–Kier alpha value is -1.52. The first-order chi connectivity index (χ1) is 9.37. The topological polar surface area (TPSA) is 61.9 Å². The van der Waals surface area contributed by atoms with Crippen molar-refractivity contribution >= 4 is 10.9 Å². The Morgan fingerprint density at radius 2 is 2.10 bits per heavy atom. The molecule has 0 saturated carbocycles. The van der Waals surface area contributed by atoms with Crippen LogP contribution in [0.4, 0.5) is 0 Å². The van der Waals surface area contributed by atoms with Gasteiger partial charge in [0.2, 0.25) is 0 Å². The molecule has 0 radical (unpaired) electrons. The summed E-state index contributed by atoms with van der Waals surface area (Å²) in [6.07, 6.45) is 1.50. The molecule has 0 fully saturated rings. The lowest BCUT2D eigenvalue weighted by Gasteiger charge is -2.19. The number of benzene rings is 1. The van der Waals surface area contributed by atoms with Crippen LogP contribution in [-0.4, -0.2) is 34.9 Å². The van der Waals surface area contributed by atoms with Gasteiger partial charge in [0.05, 0.1) is 5.54 Å². The molecule has 0 aliphatic carbocycles. The molecule has 0 bridgehead atoms. The molecule has 0 aliphatic heterocycles. The number of aryl methyl sites for hydroxylation is 1. The highest BCUT2D eigenvalue weighted by Gasteiger charge is 2.17. The van der Waals surface area contributed by atoms with Crippen molar-refractivity contribution in [1.29, 1.82) is 0 Å². The summed E-state index contributed by atoms with van der Waals surface area (Å²) in [5, 5.41) is 13.2. The maximum absolute atomic E-state index is 10.0. The first-order valence-corrected chi connectivity index (χ1v) is 7.09. The minimum absolute atomic E-state index is 0.123. The van der Waals surface area contributed by atoms with Gasteiger partial charge in [-0.1, -0.05) is 6.07 Å². The Balaban J connectivity index is 1.97. The molecule has 4 nitrogen and oxygen atoms in total. The zero-order chi connectivity index (χ0) is 14.8. The van der Waals surface area contributed by atoms with Gasteiger partial charge in [-0.2, -0.15) is 0 Å². The highest BCUT2D eigenvalue weighted by atomic mass is 16.5. The van der Waals surface area contributed by atoms with Crippen LogP contribution in [0, 0.1) is 6.92 Å². The molecule has 0 saturated heterocycles. The zero-order valence-electron chi connectivity index (χ0n) is 12.7. The molecule has 1 aromatic carbocycles. The lowest BCUT2D eigenvalue weighted by atomic mass is 10.1. The van der Waals surface area contributed by atoms with Gasteiger partial charge in [0.1, 0.15) is 25.0 Å². The SMILES string of the molecule is Cc1c[nH]c2cccc(OC[C@H](O)C[NH2+]C(C)(C)C)c12. The van der Waals surface area contributed by atoms with Crippen molar-refractivity contribution < 1.29 is 15.2 Å². The summed E-state index contributed by atoms with van der Waals surface area (Å²) in [5.74, 6) is 0.830. The van der Waals surface area contributed by atoms with Crippen LogP contribution in [0.5, 0.6) is 5.75 Å². The largest absolute Gasteiger partial charge is 0.490 e. The number of H-pyrrole nitrogens is 1. The normalized spacial score (nSPS) is 13.7. The van der Waals surface area contributed by atoms with E-state index in [4.69, 9.17) is 4.74 Å². The van der Waals surface area contributed by atoms with Gasteiger partial charge in [0.25, 0.3) is 0 Å². The van der Waals surface area contributed by atoms with Gasteiger partial charge < -0.3 is 20.1 Å². The summed E-state index contributed by atoms with van der Waals surface area (Å²) in [5.41, 5.74) is 2.35. The standard InChI is InChI=1S/C16H24N2O2/c1-11-8-17-13-6-5-7-14(15(11)13)20-10-12(19)9-18-16(2,3)4/h5-8,12,17-19H,9-10H2,1-4H3/p+1/t12-/m1/s1. The fourth-order valence-corrected chi connectivity index (χ4v) is 2.18. The molecule has 4 N–H and O–H groups in total. The second-order valence-corrected chi connectivity index (χ2v) is 6.42. The molecule has 110 valence electrons. The minimum atomic E-state index is -0.469. The summed E-state index contributed by atoms with van der Waals surface area (Å²) in [4.78, 5) is 3.21. The van der Waals surface area contributed by atoms with E-state index >= 15 is 0 Å². The van der Waals surface area contributed by atoms with Crippen molar-refractivity contribution in [3.8, 4) is 5.75 Å². The molecule has 2 rings (SSSR count). The predicted molar refractivity (Wildman–Crippen MR) is 81.1 cm³/mol. The molecule has 0 aliphatic rings. The summed E-state index contributed by atoms with van der Waals surface area (Å²) in [6, 6.07) is 5.93. The van der Waals surface area contributed by atoms with Crippen LogP contribution >= 0.6 is 0 Å². The van der Waals surface area contributed by atoms with Crippen LogP contribution in [0.3, 0.4) is 0 Å². The van der Waals surface area contributed by atoms with Crippen molar-refractivity contribution in [2.45, 2.75) is 39.3 Å². The van der Waals surface area contributed by atoms with Crippen molar-refractivity contribution in [2.75, 3.05) is 13.2 Å². The van der Waals surface area contributed by atoms with Crippen LogP contribution < -0.4 is 10.1 Å². The molecule has 0 amide bonds. The summed E-state index contributed by atoms with van der Waals surface area (Å²) in [7, 11) is 0. The molecule has 1 heterocycles. The number of nitrogens with one attached hydrogen (secondary N) is 1. The van der Waals surface area contributed by atoms with Crippen molar-refractivity contribution in [3.05, 3.63) is 30.0 Å². The fourth-order valence-electron chi connectivity index (χ4n) is 2.18. The number of ether oxygens (including phenoxy) is 1. The summed E-state index contributed by atoms with van der Waals surface area (Å²) >= 11 is 0. The van der Waals surface area contributed by atoms with E-state index < -0.39 is 6.10 Å². The molecule has 1 atom stereocenters. The fraction of sp³-hybridized carbons (Fsp3) is 0.500. The number of aliphatic hydroxyl groups is 1. The number of fused-ring (bicyclic) bond motifs is 1. The summed E-state index contributed by atoms with van der Waals surface area (Å²) in [6.45, 7) is 9.40. The van der Waals surface area contributed by atoms with Gasteiger partial charge in [0, 0.05) is 17.1 Å². The van der Waals surface area contributed by atoms with Gasteiger partial charge in [-0.15, -0.1) is 0 Å². The lowest BCUT2D eigenvalue weighted by Crippen LogP contribution is -2.96. The highest BCUT2D eigenvalue weighted by Crippen LogP contribution is 2.28. The zero-order valence-corrected chi connectivity index (χ0v) is 12.7. The summed E-state index contributed by atoms with van der Waals surface area (Å²) < 4.78 is 5.80. The third kappa shape index (κ3) is 3.74. The van der Waals surface area contributed by atoms with Gasteiger partial charge in [-0.05, 0) is 45.4 Å². The predicted octanol–water partition coefficient (Wildman–Crippen LogP) is 1.58. The smallest absolute Gasteiger partial charge is 0.137 e. The molecular formula is C16H25N2O2+. The van der Waals surface area contributed by atoms with Crippen molar-refractivity contribution in [2.24, 2.45) is 0 Å². The average Bonchev–Trinajstić information content (AvgIpc) is 2.76. The Kier molecular flexibility index (Phi) is 4.35. The number of rotatable bonds is 5. The second-order valence-electron chi connectivity index (χ2n) is 6.42. The quantitative estimate of drug-likeness (QED) is 0.777. The maximum atomic E-state index is 10.0. The minimum Gasteiger partial charge on any atom is -0.490 e. The second kappa shape index (κ2) is 5.85. The van der Waals surface area contributed by atoms with Gasteiger partial charge in [-0.25, -0.2) is 0 Å². The Morgan fingerprint density at radius 3 is 2.80 bits per heavy atom. The van der Waals surface area contributed by atoms with E-state index in [1.165, 1.54) is 0 Å². The first kappa shape index (κ1) is 14.9. The molecule has 20 heavy (non-hydrogen) atoms. The molecule has 1 aromatic heterocycles. The van der Waals surface area contributed by atoms with E-state index in [-0.39, 0.29) is 5.54 Å². The van der Waals surface area contributed by atoms with Crippen LogP contribution in [0.25, 0.3) is 10.9 Å². The maximum Gasteiger partial charge on any atom is 0.137 e. The number of aliphatic hydroxyl groups excluding tert-OH is 1. The third-order valence-electron chi connectivity index (χ3n) is 3.30. The van der Waals surface area contributed by atoms with Crippen LogP contribution in [0.1, 0.15) is 26.3 Å². The van der Waals surface area contributed by atoms with E-state index in [1.807, 2.05) is 24.4 Å². The van der Waals surface area contributed by atoms with E-state index in [2.05, 4.69) is 38.0 Å². The molecule has 0 unspecified atom stereocenters. The van der Waals surface area contributed by atoms with E-state index in [0.29, 0.717) is 13.2 Å². The van der Waals surface area contributed by atoms with E-state index in [9.17, 15) is 5.11 Å². The Bertz CT molecular complexity index is 569. The Labute approximate surface area is 120 Å². The monoisotopic (exact) mass is 277 g/mol. The van der Waals surface area contributed by atoms with Crippen molar-refractivity contribution in [3.63, 3.8) is 0 Å². The van der Waals surface area contributed by atoms with Crippen LogP contribution in [0.2, 0.25) is 0 Å². The van der Waals surface area contributed by atoms with Gasteiger partial charge in [0.15, 0.2) is 0 Å². The highest BCUT2D eigenvalue weighted by molar-refractivity contribution is 5.89. The molecule has 0 spiro atoms. The van der Waals surface area contributed by atoms with Crippen molar-refractivity contribution in [1.82, 2.24) is 4.98 Å². The molecular weight excluding hydrogens is 252 g/mol. The molecule has 2 aromatic rings. The number of hydrogen-bond donors (Lipinski definition) is 3. The van der Waals surface area contributed by atoms with Gasteiger partial charge in [-0.3, -0.25) is 0 Å². The average molecular weight is 277 g/mol. The number of hydrogen-bond acceptors (Lipinski definition) is 2. The van der Waals surface area contributed by atoms with Gasteiger partial charge >= 0.3 is 0 Å². The Morgan fingerprint density at radius 1 is 1.35 bits per heavy atom. The number of aromatic amines is 1. The van der Waals surface area contributed by atoms with Crippen LogP contribution in [0.15, 0.2) is 24.4 Å². The molecule has 4 heteroatoms. The number of aromatic nitrogens is 1. The first-order valence-electron chi connectivity index (χ1n) is 7.09. The van der Waals surface area contributed by atoms with E-state index in [0.717, 1.165) is 22.2 Å². The number of nitrogens with two attached hydrogens (primary N) is 1. The van der Waals surface area contributed by atoms with Crippen LogP contribution in [-0.2, 0) is 0 Å². The van der Waals surface area contributed by atoms with E-state index in [1.54, 1.807) is 0 Å². The number of quaternary nitrogens is 1. The third-order valence-corrected chi connectivity index (χ3v) is 3.30. The lowest BCUT2D eigenvalue weighted by molar-refractivity contribution is -0.722.